The van der Waals surface area contributed by atoms with Crippen LogP contribution < -0.4 is 0 Å². The summed E-state index contributed by atoms with van der Waals surface area (Å²) in [4.78, 5) is 12.3. The van der Waals surface area contributed by atoms with Crippen LogP contribution in [0.25, 0.3) is 0 Å². The van der Waals surface area contributed by atoms with Crippen LogP contribution >= 0.6 is 35.3 Å². The van der Waals surface area contributed by atoms with E-state index in [0.29, 0.717) is 10.1 Å². The first-order chi connectivity index (χ1) is 6.77. The van der Waals surface area contributed by atoms with E-state index in [0.717, 1.165) is 4.88 Å². The Morgan fingerprint density at radius 1 is 1.64 bits per heavy atom. The maximum absolute atomic E-state index is 11.3. The first-order valence-electron chi connectivity index (χ1n) is 3.84. The van der Waals surface area contributed by atoms with Gasteiger partial charge in [0.2, 0.25) is 0 Å². The van der Waals surface area contributed by atoms with E-state index in [1.165, 1.54) is 16.8 Å². The van der Waals surface area contributed by atoms with Crippen molar-refractivity contribution in [2.45, 2.75) is 0 Å². The monoisotopic (exact) mass is 242 g/mol. The third kappa shape index (κ3) is 2.02. The molecular weight excluding hydrogens is 236 g/mol. The van der Waals surface area contributed by atoms with Crippen LogP contribution in [0.3, 0.4) is 0 Å². The van der Waals surface area contributed by atoms with Crippen molar-refractivity contribution < 1.29 is 4.79 Å². The highest BCUT2D eigenvalue weighted by Crippen LogP contribution is 2.19. The Hall–Kier alpha value is -0.720. The molecule has 6 heteroatoms. The van der Waals surface area contributed by atoms with Crippen molar-refractivity contribution in [3.05, 3.63) is 22.4 Å². The zero-order valence-corrected chi connectivity index (χ0v) is 9.49. The minimum absolute atomic E-state index is 0.0483. The molecule has 2 heterocycles. The summed E-state index contributed by atoms with van der Waals surface area (Å²) >= 11 is 7.89. The second-order valence-corrected chi connectivity index (χ2v) is 5.11. The SMILES string of the molecule is O=C1CSC(=S)N1/N=C/c1cccs1. The molecule has 1 amide bonds. The van der Waals surface area contributed by atoms with E-state index in [2.05, 4.69) is 5.10 Å². The lowest BCUT2D eigenvalue weighted by Crippen LogP contribution is -2.22. The molecule has 3 nitrogen and oxygen atoms in total. The van der Waals surface area contributed by atoms with Crippen LogP contribution in [0, 0.1) is 0 Å². The third-order valence-electron chi connectivity index (χ3n) is 1.57. The van der Waals surface area contributed by atoms with Gasteiger partial charge in [0.1, 0.15) is 0 Å². The molecule has 1 fully saturated rings. The van der Waals surface area contributed by atoms with Crippen molar-refractivity contribution in [2.24, 2.45) is 5.10 Å². The molecule has 0 spiro atoms. The summed E-state index contributed by atoms with van der Waals surface area (Å²) in [5.74, 6) is 0.355. The van der Waals surface area contributed by atoms with Crippen molar-refractivity contribution in [3.8, 4) is 0 Å². The number of thioether (sulfide) groups is 1. The second-order valence-electron chi connectivity index (χ2n) is 2.52. The zero-order valence-electron chi connectivity index (χ0n) is 7.04. The lowest BCUT2D eigenvalue weighted by atomic mass is 10.5. The quantitative estimate of drug-likeness (QED) is 0.587. The van der Waals surface area contributed by atoms with Crippen LogP contribution in [0.4, 0.5) is 0 Å². The van der Waals surface area contributed by atoms with E-state index in [-0.39, 0.29) is 5.91 Å². The topological polar surface area (TPSA) is 32.7 Å². The van der Waals surface area contributed by atoms with Gasteiger partial charge in [-0.15, -0.1) is 11.3 Å². The van der Waals surface area contributed by atoms with Crippen molar-refractivity contribution in [1.29, 1.82) is 0 Å². The van der Waals surface area contributed by atoms with Crippen LogP contribution in [0.1, 0.15) is 4.88 Å². The number of hydrazone groups is 1. The van der Waals surface area contributed by atoms with Crippen LogP contribution in [-0.2, 0) is 4.79 Å². The molecule has 0 bridgehead atoms. The molecule has 14 heavy (non-hydrogen) atoms. The molecule has 1 saturated heterocycles. The number of nitrogens with zero attached hydrogens (tertiary/aromatic N) is 2. The van der Waals surface area contributed by atoms with Gasteiger partial charge in [0, 0.05) is 4.88 Å². The summed E-state index contributed by atoms with van der Waals surface area (Å²) in [5, 5.41) is 7.27. The summed E-state index contributed by atoms with van der Waals surface area (Å²) in [6.45, 7) is 0. The Bertz CT molecular complexity index is 369. The number of carbonyl (C=O) groups is 1. The van der Waals surface area contributed by atoms with Crippen molar-refractivity contribution in [3.63, 3.8) is 0 Å². The van der Waals surface area contributed by atoms with Crippen molar-refractivity contribution in [1.82, 2.24) is 5.01 Å². The minimum Gasteiger partial charge on any atom is -0.272 e. The molecule has 0 unspecified atom stereocenters. The lowest BCUT2D eigenvalue weighted by Gasteiger charge is -2.05. The summed E-state index contributed by atoms with van der Waals surface area (Å²) in [7, 11) is 0. The predicted octanol–water partition coefficient (Wildman–Crippen LogP) is 1.94. The van der Waals surface area contributed by atoms with Gasteiger partial charge in [-0.25, -0.2) is 0 Å². The summed E-state index contributed by atoms with van der Waals surface area (Å²) in [6.07, 6.45) is 1.65. The smallest absolute Gasteiger partial charge is 0.259 e. The number of hydrogen-bond acceptors (Lipinski definition) is 5. The normalized spacial score (nSPS) is 17.3. The molecule has 0 N–H and O–H groups in total. The van der Waals surface area contributed by atoms with Crippen LogP contribution in [0.5, 0.6) is 0 Å². The lowest BCUT2D eigenvalue weighted by molar-refractivity contribution is -0.123. The van der Waals surface area contributed by atoms with Gasteiger partial charge in [-0.05, 0) is 11.4 Å². The fourth-order valence-electron chi connectivity index (χ4n) is 0.938. The molecule has 72 valence electrons. The fraction of sp³-hybridized carbons (Fsp3) is 0.125. The largest absolute Gasteiger partial charge is 0.272 e. The summed E-state index contributed by atoms with van der Waals surface area (Å²) in [6, 6.07) is 3.87. The standard InChI is InChI=1S/C8H6N2OS3/c11-7-5-14-8(12)10(7)9-4-6-2-1-3-13-6/h1-4H,5H2/b9-4+. The highest BCUT2D eigenvalue weighted by Gasteiger charge is 2.25. The highest BCUT2D eigenvalue weighted by atomic mass is 32.2. The molecular formula is C8H6N2OS3. The van der Waals surface area contributed by atoms with Gasteiger partial charge in [0.05, 0.1) is 12.0 Å². The number of thiocarbonyl (C=S) groups is 1. The summed E-state index contributed by atoms with van der Waals surface area (Å²) < 4.78 is 0.530. The molecule has 1 aliphatic heterocycles. The molecule has 0 atom stereocenters. The third-order valence-corrected chi connectivity index (χ3v) is 3.72. The van der Waals surface area contributed by atoms with Crippen molar-refractivity contribution in [2.75, 3.05) is 5.75 Å². The van der Waals surface area contributed by atoms with Gasteiger partial charge in [-0.1, -0.05) is 30.0 Å². The van der Waals surface area contributed by atoms with Crippen LogP contribution in [-0.4, -0.2) is 27.2 Å². The number of thiophene rings is 1. The number of amides is 1. The summed E-state index contributed by atoms with van der Waals surface area (Å²) in [5.41, 5.74) is 0. The van der Waals surface area contributed by atoms with Gasteiger partial charge in [0.25, 0.3) is 5.91 Å². The molecule has 1 aromatic heterocycles. The van der Waals surface area contributed by atoms with Crippen LogP contribution in [0.15, 0.2) is 22.6 Å². The first-order valence-corrected chi connectivity index (χ1v) is 6.12. The van der Waals surface area contributed by atoms with E-state index in [9.17, 15) is 4.79 Å². The molecule has 1 aromatic rings. The maximum Gasteiger partial charge on any atom is 0.259 e. The molecule has 0 radical (unpaired) electrons. The number of hydrogen-bond donors (Lipinski definition) is 0. The average molecular weight is 242 g/mol. The van der Waals surface area contributed by atoms with Gasteiger partial charge < -0.3 is 0 Å². The van der Waals surface area contributed by atoms with Crippen molar-refractivity contribution >= 4 is 51.8 Å². The highest BCUT2D eigenvalue weighted by molar-refractivity contribution is 8.23. The fourth-order valence-corrected chi connectivity index (χ4v) is 2.48. The molecule has 0 saturated carbocycles. The molecule has 0 aromatic carbocycles. The van der Waals surface area contributed by atoms with E-state index < -0.39 is 0 Å². The Morgan fingerprint density at radius 2 is 2.50 bits per heavy atom. The Balaban J connectivity index is 2.10. The maximum atomic E-state index is 11.3. The van der Waals surface area contributed by atoms with Gasteiger partial charge in [0.15, 0.2) is 4.32 Å². The van der Waals surface area contributed by atoms with Crippen LogP contribution in [0.2, 0.25) is 0 Å². The van der Waals surface area contributed by atoms with E-state index in [4.69, 9.17) is 12.2 Å². The van der Waals surface area contributed by atoms with Gasteiger partial charge in [-0.2, -0.15) is 10.1 Å². The number of rotatable bonds is 2. The van der Waals surface area contributed by atoms with E-state index in [1.54, 1.807) is 17.6 Å². The number of carbonyl (C=O) groups excluding carboxylic acids is 1. The second kappa shape index (κ2) is 4.20. The molecule has 1 aliphatic rings. The minimum atomic E-state index is -0.0483. The Labute approximate surface area is 94.8 Å². The van der Waals surface area contributed by atoms with Gasteiger partial charge >= 0.3 is 0 Å². The van der Waals surface area contributed by atoms with E-state index >= 15 is 0 Å². The molecule has 0 aliphatic carbocycles. The average Bonchev–Trinajstić information content (AvgIpc) is 2.76. The zero-order chi connectivity index (χ0) is 9.97. The Morgan fingerprint density at radius 3 is 3.07 bits per heavy atom. The predicted molar refractivity (Wildman–Crippen MR) is 63.8 cm³/mol. The first kappa shape index (κ1) is 9.82. The van der Waals surface area contributed by atoms with Gasteiger partial charge in [-0.3, -0.25) is 4.79 Å². The molecule has 2 rings (SSSR count). The Kier molecular flexibility index (Phi) is 2.95. The van der Waals surface area contributed by atoms with E-state index in [1.807, 2.05) is 17.5 Å².